The highest BCUT2D eigenvalue weighted by atomic mass is 32.2. The number of imide groups is 1. The first kappa shape index (κ1) is 28.3. The largest absolute Gasteiger partial charge is 0.486 e. The molecule has 45 heavy (non-hydrogen) atoms. The Kier molecular flexibility index (Phi) is 7.06. The lowest BCUT2D eigenvalue weighted by molar-refractivity contribution is -0.142. The molecule has 0 N–H and O–H groups in total. The van der Waals surface area contributed by atoms with Crippen LogP contribution < -0.4 is 9.47 Å². The van der Waals surface area contributed by atoms with Crippen molar-refractivity contribution < 1.29 is 27.5 Å². The second kappa shape index (κ2) is 11.2. The predicted molar refractivity (Wildman–Crippen MR) is 166 cm³/mol. The Bertz CT molecular complexity index is 2060. The third kappa shape index (κ3) is 5.19. The molecule has 3 aliphatic rings. The van der Waals surface area contributed by atoms with Gasteiger partial charge >= 0.3 is 0 Å². The van der Waals surface area contributed by atoms with Gasteiger partial charge in [0.05, 0.1) is 28.8 Å². The molecule has 2 amide bonds. The van der Waals surface area contributed by atoms with Gasteiger partial charge in [-0.1, -0.05) is 48.5 Å². The lowest BCUT2D eigenvalue weighted by atomic mass is 9.86. The minimum Gasteiger partial charge on any atom is -0.486 e. The van der Waals surface area contributed by atoms with Crippen molar-refractivity contribution in [2.24, 2.45) is 0 Å². The molecule has 11 heteroatoms. The Morgan fingerprint density at radius 1 is 0.889 bits per heavy atom. The molecule has 224 valence electrons. The fourth-order valence-electron chi connectivity index (χ4n) is 5.92. The maximum absolute atomic E-state index is 14.3. The zero-order chi connectivity index (χ0) is 31.1. The molecule has 1 aromatic heterocycles. The summed E-state index contributed by atoms with van der Waals surface area (Å²) in [5, 5.41) is 15.2. The van der Waals surface area contributed by atoms with Crippen LogP contribution in [0.4, 0.5) is 0 Å². The summed E-state index contributed by atoms with van der Waals surface area (Å²) in [4.78, 5) is 29.0. The molecular formula is C34H26N4O6S. The molecule has 0 spiro atoms. The standard InChI is InChI=1S/C34H26N4O6S/c35-19-28-31(22-7-3-1-4-8-22)27(33(39)38(34(28)40)26-13-16-45(41,42)21-26)17-24-20-37(25-9-5-2-6-10-25)36-32(24)23-11-12-29-30(18-23)44-15-14-43-29/h1-12,17-18,20,26H,13-16,21H2/b27-17-. The number of para-hydroxylation sites is 1. The topological polar surface area (TPSA) is 132 Å². The zero-order valence-corrected chi connectivity index (χ0v) is 24.7. The molecule has 0 aliphatic carbocycles. The van der Waals surface area contributed by atoms with E-state index in [1.165, 1.54) is 0 Å². The number of nitrogens with zero attached hydrogens (tertiary/aromatic N) is 4. The van der Waals surface area contributed by atoms with E-state index in [2.05, 4.69) is 0 Å². The Labute approximate surface area is 259 Å². The van der Waals surface area contributed by atoms with Crippen molar-refractivity contribution in [1.82, 2.24) is 14.7 Å². The molecular weight excluding hydrogens is 592 g/mol. The van der Waals surface area contributed by atoms with Gasteiger partial charge < -0.3 is 9.47 Å². The van der Waals surface area contributed by atoms with E-state index < -0.39 is 27.7 Å². The maximum atomic E-state index is 14.3. The third-order valence-electron chi connectivity index (χ3n) is 8.03. The normalized spacial score (nSPS) is 20.0. The van der Waals surface area contributed by atoms with E-state index in [-0.39, 0.29) is 34.6 Å². The number of aromatic nitrogens is 2. The quantitative estimate of drug-likeness (QED) is 0.240. The van der Waals surface area contributed by atoms with Gasteiger partial charge in [0, 0.05) is 22.9 Å². The van der Waals surface area contributed by atoms with E-state index in [0.29, 0.717) is 47.1 Å². The lowest BCUT2D eigenvalue weighted by Gasteiger charge is -2.32. The summed E-state index contributed by atoms with van der Waals surface area (Å²) in [6.45, 7) is 0.852. The molecule has 1 unspecified atom stereocenters. The molecule has 1 fully saturated rings. The molecule has 4 aromatic rings. The fourth-order valence-corrected chi connectivity index (χ4v) is 7.62. The van der Waals surface area contributed by atoms with Crippen molar-refractivity contribution in [2.75, 3.05) is 24.7 Å². The van der Waals surface area contributed by atoms with Gasteiger partial charge in [-0.15, -0.1) is 0 Å². The van der Waals surface area contributed by atoms with Crippen molar-refractivity contribution in [3.05, 3.63) is 107 Å². The van der Waals surface area contributed by atoms with Gasteiger partial charge in [-0.25, -0.2) is 13.1 Å². The number of fused-ring (bicyclic) bond motifs is 1. The van der Waals surface area contributed by atoms with Crippen LogP contribution in [0.25, 0.3) is 28.6 Å². The molecule has 3 aliphatic heterocycles. The van der Waals surface area contributed by atoms with E-state index in [4.69, 9.17) is 14.6 Å². The summed E-state index contributed by atoms with van der Waals surface area (Å²) >= 11 is 0. The summed E-state index contributed by atoms with van der Waals surface area (Å²) in [6, 6.07) is 24.9. The molecule has 3 aromatic carbocycles. The molecule has 10 nitrogen and oxygen atoms in total. The van der Waals surface area contributed by atoms with E-state index >= 15 is 0 Å². The minimum absolute atomic E-state index is 0.0908. The van der Waals surface area contributed by atoms with Crippen molar-refractivity contribution in [3.8, 4) is 34.5 Å². The van der Waals surface area contributed by atoms with Gasteiger partial charge in [0.25, 0.3) is 11.8 Å². The van der Waals surface area contributed by atoms with Gasteiger partial charge in [-0.3, -0.25) is 14.5 Å². The number of carbonyl (C=O) groups is 2. The number of rotatable bonds is 5. The molecule has 0 radical (unpaired) electrons. The average molecular weight is 619 g/mol. The predicted octanol–water partition coefficient (Wildman–Crippen LogP) is 4.23. The van der Waals surface area contributed by atoms with E-state index in [9.17, 15) is 23.3 Å². The second-order valence-corrected chi connectivity index (χ2v) is 13.1. The first-order valence-electron chi connectivity index (χ1n) is 14.4. The highest BCUT2D eigenvalue weighted by Crippen LogP contribution is 2.40. The minimum atomic E-state index is -3.44. The van der Waals surface area contributed by atoms with Crippen LogP contribution in [0.1, 0.15) is 17.5 Å². The van der Waals surface area contributed by atoms with Crippen molar-refractivity contribution in [1.29, 1.82) is 5.26 Å². The summed E-state index contributed by atoms with van der Waals surface area (Å²) in [5.41, 5.74) is 3.10. The zero-order valence-electron chi connectivity index (χ0n) is 23.9. The Hall–Kier alpha value is -5.47. The lowest BCUT2D eigenvalue weighted by Crippen LogP contribution is -2.49. The molecule has 1 atom stereocenters. The molecule has 7 rings (SSSR count). The monoisotopic (exact) mass is 618 g/mol. The van der Waals surface area contributed by atoms with Crippen LogP contribution in [-0.4, -0.2) is 65.7 Å². The van der Waals surface area contributed by atoms with Crippen LogP contribution in [-0.2, 0) is 19.4 Å². The van der Waals surface area contributed by atoms with Crippen molar-refractivity contribution in [3.63, 3.8) is 0 Å². The number of ether oxygens (including phenoxy) is 2. The van der Waals surface area contributed by atoms with E-state index in [1.54, 1.807) is 53.4 Å². The average Bonchev–Trinajstić information content (AvgIpc) is 3.65. The Morgan fingerprint density at radius 2 is 1.60 bits per heavy atom. The highest BCUT2D eigenvalue weighted by Gasteiger charge is 2.45. The highest BCUT2D eigenvalue weighted by molar-refractivity contribution is 7.91. The maximum Gasteiger partial charge on any atom is 0.272 e. The number of hydrogen-bond donors (Lipinski definition) is 0. The van der Waals surface area contributed by atoms with E-state index in [0.717, 1.165) is 10.6 Å². The SMILES string of the molecule is N#CC1=C(c2ccccc2)/C(=C/c2cn(-c3ccccc3)nc2-c2ccc3c(c2)OCCO3)C(=O)N(C2CCS(=O)(=O)C2)C1=O. The van der Waals surface area contributed by atoms with Gasteiger partial charge in [-0.05, 0) is 48.4 Å². The number of hydrogen-bond acceptors (Lipinski definition) is 8. The fraction of sp³-hybridized carbons (Fsp3) is 0.176. The van der Waals surface area contributed by atoms with Gasteiger partial charge in [0.2, 0.25) is 0 Å². The Morgan fingerprint density at radius 3 is 2.29 bits per heavy atom. The second-order valence-electron chi connectivity index (χ2n) is 10.9. The van der Waals surface area contributed by atoms with Crippen molar-refractivity contribution in [2.45, 2.75) is 12.5 Å². The van der Waals surface area contributed by atoms with Gasteiger partial charge in [0.15, 0.2) is 21.3 Å². The first-order valence-corrected chi connectivity index (χ1v) is 16.2. The Balaban J connectivity index is 1.45. The summed E-state index contributed by atoms with van der Waals surface area (Å²) in [7, 11) is -3.44. The molecule has 4 heterocycles. The number of carbonyl (C=O) groups excluding carboxylic acids is 2. The molecule has 1 saturated heterocycles. The number of nitriles is 1. The molecule has 0 saturated carbocycles. The number of benzene rings is 3. The van der Waals surface area contributed by atoms with Crippen LogP contribution in [0.5, 0.6) is 11.5 Å². The summed E-state index contributed by atoms with van der Waals surface area (Å²) in [5.74, 6) is -0.762. The van der Waals surface area contributed by atoms with Crippen LogP contribution in [0, 0.1) is 11.3 Å². The molecule has 0 bridgehead atoms. The number of sulfone groups is 1. The van der Waals surface area contributed by atoms with Crippen LogP contribution in [0.2, 0.25) is 0 Å². The van der Waals surface area contributed by atoms with E-state index in [1.807, 2.05) is 48.5 Å². The third-order valence-corrected chi connectivity index (χ3v) is 9.78. The smallest absolute Gasteiger partial charge is 0.272 e. The van der Waals surface area contributed by atoms with Crippen molar-refractivity contribution >= 4 is 33.3 Å². The van der Waals surface area contributed by atoms with Crippen LogP contribution >= 0.6 is 0 Å². The first-order chi connectivity index (χ1) is 21.8. The van der Waals surface area contributed by atoms with Gasteiger partial charge in [-0.2, -0.15) is 10.4 Å². The summed E-state index contributed by atoms with van der Waals surface area (Å²) < 4.78 is 38.0. The van der Waals surface area contributed by atoms with Crippen LogP contribution in [0.3, 0.4) is 0 Å². The van der Waals surface area contributed by atoms with Gasteiger partial charge in [0.1, 0.15) is 30.6 Å². The number of amides is 2. The van der Waals surface area contributed by atoms with Crippen LogP contribution in [0.15, 0.2) is 96.2 Å². The summed E-state index contributed by atoms with van der Waals surface area (Å²) in [6.07, 6.45) is 3.52.